The molecule has 1 atom stereocenters. The summed E-state index contributed by atoms with van der Waals surface area (Å²) in [6.07, 6.45) is 1.77. The first-order valence-electron chi connectivity index (χ1n) is 7.20. The van der Waals surface area contributed by atoms with E-state index in [1.165, 1.54) is 4.90 Å². The molecule has 5 nitrogen and oxygen atoms in total. The standard InChI is InChI=1S/C15H21NO4S/c17-10-9-16(12-13-6-2-1-3-7-13)15(18)14-8-4-5-11-21(14,19)20/h1-3,6-7,14,17H,4-5,8-12H2. The SMILES string of the molecule is O=C(C1CCCCS1(=O)=O)N(CCO)Cc1ccccc1. The highest BCUT2D eigenvalue weighted by atomic mass is 32.2. The van der Waals surface area contributed by atoms with E-state index in [0.717, 1.165) is 12.0 Å². The lowest BCUT2D eigenvalue weighted by Gasteiger charge is -2.29. The van der Waals surface area contributed by atoms with Crippen molar-refractivity contribution >= 4 is 15.7 Å². The van der Waals surface area contributed by atoms with Gasteiger partial charge in [-0.25, -0.2) is 8.42 Å². The fourth-order valence-corrected chi connectivity index (χ4v) is 4.50. The van der Waals surface area contributed by atoms with Gasteiger partial charge in [-0.15, -0.1) is 0 Å². The number of rotatable bonds is 5. The number of carbonyl (C=O) groups excluding carboxylic acids is 1. The summed E-state index contributed by atoms with van der Waals surface area (Å²) in [7, 11) is -3.35. The second-order valence-corrected chi connectivity index (χ2v) is 7.62. The fourth-order valence-electron chi connectivity index (χ4n) is 2.63. The number of carbonyl (C=O) groups is 1. The zero-order valence-corrected chi connectivity index (χ0v) is 12.8. The number of nitrogens with zero attached hydrogens (tertiary/aromatic N) is 1. The van der Waals surface area contributed by atoms with Crippen LogP contribution in [0.3, 0.4) is 0 Å². The molecule has 0 saturated carbocycles. The lowest BCUT2D eigenvalue weighted by atomic mass is 10.1. The Hall–Kier alpha value is -1.40. The molecule has 1 unspecified atom stereocenters. The van der Waals surface area contributed by atoms with Crippen LogP contribution in [0.2, 0.25) is 0 Å². The van der Waals surface area contributed by atoms with Crippen molar-refractivity contribution in [3.05, 3.63) is 35.9 Å². The molecule has 116 valence electrons. The van der Waals surface area contributed by atoms with Crippen LogP contribution >= 0.6 is 0 Å². The van der Waals surface area contributed by atoms with Crippen LogP contribution in [0.5, 0.6) is 0 Å². The summed E-state index contributed by atoms with van der Waals surface area (Å²) < 4.78 is 24.1. The van der Waals surface area contributed by atoms with E-state index in [2.05, 4.69) is 0 Å². The molecule has 0 aromatic heterocycles. The van der Waals surface area contributed by atoms with Crippen molar-refractivity contribution in [2.75, 3.05) is 18.9 Å². The van der Waals surface area contributed by atoms with Gasteiger partial charge in [0.25, 0.3) is 0 Å². The predicted octanol–water partition coefficient (Wildman–Crippen LogP) is 0.975. The number of hydrogen-bond donors (Lipinski definition) is 1. The van der Waals surface area contributed by atoms with E-state index in [9.17, 15) is 13.2 Å². The molecule has 1 saturated heterocycles. The third-order valence-corrected chi connectivity index (χ3v) is 5.91. The van der Waals surface area contributed by atoms with Gasteiger partial charge in [0.05, 0.1) is 12.4 Å². The van der Waals surface area contributed by atoms with Gasteiger partial charge in [-0.3, -0.25) is 4.79 Å². The van der Waals surface area contributed by atoms with Crippen LogP contribution < -0.4 is 0 Å². The van der Waals surface area contributed by atoms with E-state index in [1.807, 2.05) is 30.3 Å². The van der Waals surface area contributed by atoms with Crippen molar-refractivity contribution in [2.24, 2.45) is 0 Å². The van der Waals surface area contributed by atoms with Crippen molar-refractivity contribution in [3.63, 3.8) is 0 Å². The molecule has 0 spiro atoms. The number of sulfone groups is 1. The van der Waals surface area contributed by atoms with Crippen LogP contribution in [0.1, 0.15) is 24.8 Å². The van der Waals surface area contributed by atoms with Crippen molar-refractivity contribution in [3.8, 4) is 0 Å². The highest BCUT2D eigenvalue weighted by molar-refractivity contribution is 7.92. The van der Waals surface area contributed by atoms with Crippen LogP contribution in [0.15, 0.2) is 30.3 Å². The Labute approximate surface area is 125 Å². The van der Waals surface area contributed by atoms with Crippen LogP contribution in [-0.2, 0) is 21.2 Å². The summed E-state index contributed by atoms with van der Waals surface area (Å²) in [5, 5.41) is 8.21. The Bertz CT molecular complexity index is 571. The van der Waals surface area contributed by atoms with Crippen molar-refractivity contribution < 1.29 is 18.3 Å². The van der Waals surface area contributed by atoms with Gasteiger partial charge in [0.1, 0.15) is 5.25 Å². The van der Waals surface area contributed by atoms with Crippen LogP contribution in [-0.4, -0.2) is 48.5 Å². The third-order valence-electron chi connectivity index (χ3n) is 3.75. The van der Waals surface area contributed by atoms with Crippen LogP contribution in [0.4, 0.5) is 0 Å². The molecule has 0 bridgehead atoms. The molecule has 2 rings (SSSR count). The van der Waals surface area contributed by atoms with Gasteiger partial charge < -0.3 is 10.0 Å². The van der Waals surface area contributed by atoms with Gasteiger partial charge in [0.2, 0.25) is 5.91 Å². The van der Waals surface area contributed by atoms with E-state index in [1.54, 1.807) is 0 Å². The maximum atomic E-state index is 12.5. The molecule has 1 amide bonds. The second kappa shape index (κ2) is 7.04. The normalized spacial score (nSPS) is 20.9. The predicted molar refractivity (Wildman–Crippen MR) is 80.4 cm³/mol. The van der Waals surface area contributed by atoms with Gasteiger partial charge in [0.15, 0.2) is 9.84 Å². The van der Waals surface area contributed by atoms with Gasteiger partial charge in [-0.05, 0) is 18.4 Å². The lowest BCUT2D eigenvalue weighted by molar-refractivity contribution is -0.132. The summed E-state index contributed by atoms with van der Waals surface area (Å²) in [5.41, 5.74) is 0.924. The highest BCUT2D eigenvalue weighted by Gasteiger charge is 2.37. The molecule has 6 heteroatoms. The molecule has 1 aliphatic heterocycles. The summed E-state index contributed by atoms with van der Waals surface area (Å²) in [4.78, 5) is 14.0. The largest absolute Gasteiger partial charge is 0.395 e. The zero-order chi connectivity index (χ0) is 15.3. The molecule has 1 aromatic rings. The smallest absolute Gasteiger partial charge is 0.241 e. The molecule has 0 radical (unpaired) electrons. The van der Waals surface area contributed by atoms with Gasteiger partial charge in [-0.1, -0.05) is 36.8 Å². The minimum Gasteiger partial charge on any atom is -0.395 e. The first-order chi connectivity index (χ1) is 10.0. The summed E-state index contributed by atoms with van der Waals surface area (Å²) in [5.74, 6) is -0.297. The molecular formula is C15H21NO4S. The lowest BCUT2D eigenvalue weighted by Crippen LogP contribution is -2.46. The van der Waals surface area contributed by atoms with Crippen molar-refractivity contribution in [1.29, 1.82) is 0 Å². The summed E-state index contributed by atoms with van der Waals surface area (Å²) in [6.45, 7) is 0.303. The number of amides is 1. The maximum absolute atomic E-state index is 12.5. The van der Waals surface area contributed by atoms with Gasteiger partial charge >= 0.3 is 0 Å². The van der Waals surface area contributed by atoms with Crippen LogP contribution in [0.25, 0.3) is 0 Å². The summed E-state index contributed by atoms with van der Waals surface area (Å²) >= 11 is 0. The number of benzene rings is 1. The molecule has 1 aromatic carbocycles. The van der Waals surface area contributed by atoms with Crippen molar-refractivity contribution in [2.45, 2.75) is 31.1 Å². The van der Waals surface area contributed by atoms with E-state index < -0.39 is 15.1 Å². The minimum atomic E-state index is -3.35. The Morgan fingerprint density at radius 2 is 1.95 bits per heavy atom. The van der Waals surface area contributed by atoms with E-state index in [0.29, 0.717) is 19.4 Å². The molecule has 0 aliphatic carbocycles. The highest BCUT2D eigenvalue weighted by Crippen LogP contribution is 2.22. The second-order valence-electron chi connectivity index (χ2n) is 5.32. The van der Waals surface area contributed by atoms with E-state index in [-0.39, 0.29) is 24.8 Å². The Kier molecular flexibility index (Phi) is 5.36. The summed E-state index contributed by atoms with van der Waals surface area (Å²) in [6, 6.07) is 9.38. The first-order valence-corrected chi connectivity index (χ1v) is 8.91. The minimum absolute atomic E-state index is 0.0850. The van der Waals surface area contributed by atoms with Crippen LogP contribution in [0, 0.1) is 0 Å². The Morgan fingerprint density at radius 3 is 2.57 bits per heavy atom. The van der Waals surface area contributed by atoms with E-state index >= 15 is 0 Å². The fraction of sp³-hybridized carbons (Fsp3) is 0.533. The monoisotopic (exact) mass is 311 g/mol. The average Bonchev–Trinajstić information content (AvgIpc) is 2.47. The molecule has 1 heterocycles. The van der Waals surface area contributed by atoms with Gasteiger partial charge in [-0.2, -0.15) is 0 Å². The zero-order valence-electron chi connectivity index (χ0n) is 11.9. The van der Waals surface area contributed by atoms with Gasteiger partial charge in [0, 0.05) is 13.1 Å². The molecule has 21 heavy (non-hydrogen) atoms. The molecule has 1 fully saturated rings. The number of aliphatic hydroxyl groups is 1. The Morgan fingerprint density at radius 1 is 1.24 bits per heavy atom. The average molecular weight is 311 g/mol. The number of hydrogen-bond acceptors (Lipinski definition) is 4. The molecule has 1 aliphatic rings. The molecular weight excluding hydrogens is 290 g/mol. The third kappa shape index (κ3) is 4.04. The Balaban J connectivity index is 2.15. The number of aliphatic hydroxyl groups excluding tert-OH is 1. The molecule has 1 N–H and O–H groups in total. The van der Waals surface area contributed by atoms with Crippen molar-refractivity contribution in [1.82, 2.24) is 4.90 Å². The first kappa shape index (κ1) is 16.0. The van der Waals surface area contributed by atoms with E-state index in [4.69, 9.17) is 5.11 Å². The topological polar surface area (TPSA) is 74.7 Å². The maximum Gasteiger partial charge on any atom is 0.241 e. The quantitative estimate of drug-likeness (QED) is 0.879.